The molecule has 0 aromatic carbocycles. The van der Waals surface area contributed by atoms with Crippen LogP contribution in [0.3, 0.4) is 0 Å². The van der Waals surface area contributed by atoms with E-state index in [2.05, 4.69) is 19.2 Å². The van der Waals surface area contributed by atoms with Gasteiger partial charge in [-0.05, 0) is 32.6 Å². The van der Waals surface area contributed by atoms with Crippen LogP contribution in [0.25, 0.3) is 0 Å². The van der Waals surface area contributed by atoms with Crippen molar-refractivity contribution in [3.63, 3.8) is 0 Å². The maximum Gasteiger partial charge on any atom is 0.223 e. The van der Waals surface area contributed by atoms with Crippen molar-refractivity contribution in [3.8, 4) is 0 Å². The van der Waals surface area contributed by atoms with E-state index >= 15 is 0 Å². The van der Waals surface area contributed by atoms with Gasteiger partial charge in [0.25, 0.3) is 0 Å². The van der Waals surface area contributed by atoms with E-state index in [0.717, 1.165) is 38.7 Å². The van der Waals surface area contributed by atoms with E-state index in [-0.39, 0.29) is 35.4 Å². The Balaban J connectivity index is 1.83. The molecular weight excluding hydrogens is 240 g/mol. The second-order valence-electron chi connectivity index (χ2n) is 6.69. The Bertz CT molecular complexity index is 330. The Morgan fingerprint density at radius 2 is 2.11 bits per heavy atom. The first-order chi connectivity index (χ1) is 8.95. The number of ether oxygens (including phenoxy) is 1. The van der Waals surface area contributed by atoms with Crippen LogP contribution < -0.4 is 11.1 Å². The van der Waals surface area contributed by atoms with Gasteiger partial charge in [-0.1, -0.05) is 20.3 Å². The van der Waals surface area contributed by atoms with E-state index in [0.29, 0.717) is 0 Å². The fourth-order valence-electron chi connectivity index (χ4n) is 3.37. The molecule has 2 aliphatic carbocycles. The lowest BCUT2D eigenvalue weighted by atomic mass is 9.64. The molecular formula is C15H28N2O2. The zero-order valence-electron chi connectivity index (χ0n) is 12.4. The van der Waals surface area contributed by atoms with Crippen LogP contribution in [-0.2, 0) is 9.53 Å². The summed E-state index contributed by atoms with van der Waals surface area (Å²) in [6.45, 7) is 7.11. The molecule has 2 rings (SSSR count). The number of rotatable bonds is 4. The van der Waals surface area contributed by atoms with Crippen LogP contribution >= 0.6 is 0 Å². The first-order valence-corrected chi connectivity index (χ1v) is 7.62. The van der Waals surface area contributed by atoms with Crippen LogP contribution in [0.1, 0.15) is 52.9 Å². The minimum atomic E-state index is 0.0441. The number of nitrogens with two attached hydrogens (primary N) is 1. The summed E-state index contributed by atoms with van der Waals surface area (Å²) in [7, 11) is 0. The normalized spacial score (nSPS) is 37.5. The molecule has 0 aromatic heterocycles. The fourth-order valence-corrected chi connectivity index (χ4v) is 3.37. The van der Waals surface area contributed by atoms with Crippen molar-refractivity contribution in [2.24, 2.45) is 17.1 Å². The molecule has 0 spiro atoms. The molecule has 4 atom stereocenters. The van der Waals surface area contributed by atoms with E-state index in [9.17, 15) is 4.79 Å². The van der Waals surface area contributed by atoms with Gasteiger partial charge in [0.05, 0.1) is 6.10 Å². The second-order valence-corrected chi connectivity index (χ2v) is 6.69. The average Bonchev–Trinajstić information content (AvgIpc) is 2.37. The summed E-state index contributed by atoms with van der Waals surface area (Å²) in [5.41, 5.74) is 6.00. The number of hydrogen-bond acceptors (Lipinski definition) is 3. The molecule has 1 amide bonds. The number of amides is 1. The maximum atomic E-state index is 12.3. The molecule has 2 aliphatic rings. The smallest absolute Gasteiger partial charge is 0.223 e. The molecule has 4 nitrogen and oxygen atoms in total. The Morgan fingerprint density at radius 3 is 2.68 bits per heavy atom. The van der Waals surface area contributed by atoms with Gasteiger partial charge in [0.15, 0.2) is 0 Å². The number of carbonyl (C=O) groups excluding carboxylic acids is 1. The lowest BCUT2D eigenvalue weighted by molar-refractivity contribution is -0.140. The quantitative estimate of drug-likeness (QED) is 0.817. The topological polar surface area (TPSA) is 64.3 Å². The van der Waals surface area contributed by atoms with Gasteiger partial charge in [-0.3, -0.25) is 4.79 Å². The van der Waals surface area contributed by atoms with E-state index in [1.807, 2.05) is 6.92 Å². The van der Waals surface area contributed by atoms with Gasteiger partial charge in [-0.2, -0.15) is 0 Å². The highest BCUT2D eigenvalue weighted by Gasteiger charge is 2.49. The molecule has 19 heavy (non-hydrogen) atoms. The lowest BCUT2D eigenvalue weighted by Gasteiger charge is -2.52. The second kappa shape index (κ2) is 5.80. The van der Waals surface area contributed by atoms with Crippen molar-refractivity contribution >= 4 is 5.91 Å². The van der Waals surface area contributed by atoms with E-state index in [1.54, 1.807) is 0 Å². The first-order valence-electron chi connectivity index (χ1n) is 7.62. The minimum absolute atomic E-state index is 0.0441. The van der Waals surface area contributed by atoms with E-state index in [1.165, 1.54) is 0 Å². The van der Waals surface area contributed by atoms with Crippen LogP contribution in [0.2, 0.25) is 0 Å². The molecule has 4 unspecified atom stereocenters. The van der Waals surface area contributed by atoms with Crippen molar-refractivity contribution in [1.29, 1.82) is 0 Å². The third kappa shape index (κ3) is 3.11. The van der Waals surface area contributed by atoms with Gasteiger partial charge in [0, 0.05) is 30.0 Å². The Labute approximate surface area is 116 Å². The average molecular weight is 268 g/mol. The predicted molar refractivity (Wildman–Crippen MR) is 75.7 cm³/mol. The number of carbonyl (C=O) groups is 1. The molecule has 0 heterocycles. The molecule has 0 radical (unpaired) electrons. The van der Waals surface area contributed by atoms with E-state index < -0.39 is 0 Å². The summed E-state index contributed by atoms with van der Waals surface area (Å²) in [5.74, 6) is 0.314. The van der Waals surface area contributed by atoms with Crippen LogP contribution in [0.4, 0.5) is 0 Å². The Hall–Kier alpha value is -0.610. The fraction of sp³-hybridized carbons (Fsp3) is 0.933. The van der Waals surface area contributed by atoms with Gasteiger partial charge in [0.2, 0.25) is 5.91 Å². The van der Waals surface area contributed by atoms with Crippen LogP contribution in [0.5, 0.6) is 0 Å². The standard InChI is InChI=1S/C15H28N2O2/c1-4-19-13-9-12(15(13,2)3)17-14(18)10-6-5-7-11(16)8-10/h10-13H,4-9,16H2,1-3H3,(H,17,18). The highest BCUT2D eigenvalue weighted by atomic mass is 16.5. The van der Waals surface area contributed by atoms with Gasteiger partial charge < -0.3 is 15.8 Å². The molecule has 2 fully saturated rings. The van der Waals surface area contributed by atoms with Crippen molar-refractivity contribution in [1.82, 2.24) is 5.32 Å². The minimum Gasteiger partial charge on any atom is -0.378 e. The van der Waals surface area contributed by atoms with Gasteiger partial charge in [-0.15, -0.1) is 0 Å². The lowest BCUT2D eigenvalue weighted by Crippen LogP contribution is -2.62. The van der Waals surface area contributed by atoms with Crippen LogP contribution in [0.15, 0.2) is 0 Å². The van der Waals surface area contributed by atoms with Crippen LogP contribution in [-0.4, -0.2) is 30.7 Å². The molecule has 0 aliphatic heterocycles. The molecule has 0 aromatic rings. The van der Waals surface area contributed by atoms with Gasteiger partial charge >= 0.3 is 0 Å². The highest BCUT2D eigenvalue weighted by Crippen LogP contribution is 2.43. The molecule has 3 N–H and O–H groups in total. The molecule has 4 heteroatoms. The summed E-state index contributed by atoms with van der Waals surface area (Å²) in [5, 5.41) is 3.21. The monoisotopic (exact) mass is 268 g/mol. The van der Waals surface area contributed by atoms with Crippen molar-refractivity contribution in [2.45, 2.75) is 71.1 Å². The summed E-state index contributed by atoms with van der Waals surface area (Å²) in [4.78, 5) is 12.3. The van der Waals surface area contributed by atoms with Crippen LogP contribution in [0, 0.1) is 11.3 Å². The van der Waals surface area contributed by atoms with Crippen molar-refractivity contribution in [2.75, 3.05) is 6.61 Å². The highest BCUT2D eigenvalue weighted by molar-refractivity contribution is 5.79. The largest absolute Gasteiger partial charge is 0.378 e. The molecule has 0 bridgehead atoms. The number of hydrogen-bond donors (Lipinski definition) is 2. The zero-order valence-corrected chi connectivity index (χ0v) is 12.4. The summed E-state index contributed by atoms with van der Waals surface area (Å²) < 4.78 is 5.70. The molecule has 0 saturated heterocycles. The Morgan fingerprint density at radius 1 is 1.37 bits per heavy atom. The van der Waals surface area contributed by atoms with Crippen molar-refractivity contribution < 1.29 is 9.53 Å². The maximum absolute atomic E-state index is 12.3. The zero-order chi connectivity index (χ0) is 14.0. The SMILES string of the molecule is CCOC1CC(NC(=O)C2CCCC(N)C2)C1(C)C. The predicted octanol–water partition coefficient (Wildman–Crippen LogP) is 1.82. The summed E-state index contributed by atoms with van der Waals surface area (Å²) in [6.07, 6.45) is 5.18. The van der Waals surface area contributed by atoms with Gasteiger partial charge in [-0.25, -0.2) is 0 Å². The van der Waals surface area contributed by atoms with Gasteiger partial charge in [0.1, 0.15) is 0 Å². The molecule has 2 saturated carbocycles. The molecule has 110 valence electrons. The summed E-state index contributed by atoms with van der Waals surface area (Å²) >= 11 is 0. The Kier molecular flexibility index (Phi) is 4.51. The van der Waals surface area contributed by atoms with E-state index in [4.69, 9.17) is 10.5 Å². The summed E-state index contributed by atoms with van der Waals surface area (Å²) in [6, 6.07) is 0.449. The third-order valence-corrected chi connectivity index (χ3v) is 4.95. The van der Waals surface area contributed by atoms with Crippen molar-refractivity contribution in [3.05, 3.63) is 0 Å². The third-order valence-electron chi connectivity index (χ3n) is 4.95. The number of nitrogens with one attached hydrogen (secondary N) is 1. The first kappa shape index (κ1) is 14.8.